The van der Waals surface area contributed by atoms with Crippen LogP contribution in [0.25, 0.3) is 11.1 Å². The maximum absolute atomic E-state index is 14.8. The highest BCUT2D eigenvalue weighted by Gasteiger charge is 2.27. The smallest absolute Gasteiger partial charge is 0.166 e. The van der Waals surface area contributed by atoms with Gasteiger partial charge in [0.25, 0.3) is 0 Å². The summed E-state index contributed by atoms with van der Waals surface area (Å²) >= 11 is 0. The number of hydrogen-bond donors (Lipinski definition) is 0. The summed E-state index contributed by atoms with van der Waals surface area (Å²) in [7, 11) is 0. The lowest BCUT2D eigenvalue weighted by Crippen LogP contribution is -2.16. The summed E-state index contributed by atoms with van der Waals surface area (Å²) in [4.78, 5) is 0. The highest BCUT2D eigenvalue weighted by molar-refractivity contribution is 5.67. The van der Waals surface area contributed by atoms with Crippen LogP contribution in [0.15, 0.2) is 42.5 Å². The Labute approximate surface area is 178 Å². The third-order valence-electron chi connectivity index (χ3n) is 6.13. The van der Waals surface area contributed by atoms with Gasteiger partial charge in [0.1, 0.15) is 17.5 Å². The molecule has 3 aromatic carbocycles. The van der Waals surface area contributed by atoms with Crippen molar-refractivity contribution in [2.45, 2.75) is 51.4 Å². The first kappa shape index (κ1) is 21.5. The van der Waals surface area contributed by atoms with E-state index in [-0.39, 0.29) is 16.7 Å². The monoisotopic (exact) mass is 430 g/mol. The van der Waals surface area contributed by atoms with E-state index < -0.39 is 35.0 Å². The van der Waals surface area contributed by atoms with E-state index >= 15 is 0 Å². The van der Waals surface area contributed by atoms with Crippen LogP contribution in [0.4, 0.5) is 22.0 Å². The van der Waals surface area contributed by atoms with Crippen LogP contribution >= 0.6 is 0 Å². The maximum Gasteiger partial charge on any atom is 0.166 e. The van der Waals surface area contributed by atoms with Gasteiger partial charge in [-0.2, -0.15) is 0 Å². The molecule has 0 bridgehead atoms. The molecule has 0 saturated heterocycles. The summed E-state index contributed by atoms with van der Waals surface area (Å²) in [5, 5.41) is 0. The van der Waals surface area contributed by atoms with E-state index in [0.717, 1.165) is 24.5 Å². The van der Waals surface area contributed by atoms with E-state index in [9.17, 15) is 22.0 Å². The number of aryl methyl sites for hydroxylation is 2. The molecule has 0 amide bonds. The van der Waals surface area contributed by atoms with Crippen LogP contribution in [-0.2, 0) is 19.3 Å². The zero-order valence-corrected chi connectivity index (χ0v) is 17.3. The van der Waals surface area contributed by atoms with Crippen LogP contribution in [0.3, 0.4) is 0 Å². The Morgan fingerprint density at radius 3 is 2.26 bits per heavy atom. The molecule has 0 fully saturated rings. The SMILES string of the molecule is CCCCc1cc(F)c(C2CCc3cc(-c4cccc(F)c4F)c(F)cc3C2)c(F)c1. The molecule has 0 nitrogen and oxygen atoms in total. The van der Waals surface area contributed by atoms with Crippen LogP contribution in [0.1, 0.15) is 54.4 Å². The highest BCUT2D eigenvalue weighted by Crippen LogP contribution is 2.38. The van der Waals surface area contributed by atoms with E-state index in [1.54, 1.807) is 0 Å². The molecule has 0 aromatic heterocycles. The molecule has 0 spiro atoms. The van der Waals surface area contributed by atoms with Crippen molar-refractivity contribution in [3.63, 3.8) is 0 Å². The zero-order chi connectivity index (χ0) is 22.1. The molecule has 1 unspecified atom stereocenters. The number of benzene rings is 3. The standard InChI is InChI=1S/C26H23F5/c1-2-3-5-15-10-23(29)25(24(30)11-15)17-9-8-16-13-20(22(28)14-18(16)12-17)19-6-4-7-21(27)26(19)31/h4,6-7,10-11,13-14,17H,2-3,5,8-9,12H2,1H3. The number of unbranched alkanes of at least 4 members (excludes halogenated alkanes) is 1. The van der Waals surface area contributed by atoms with Gasteiger partial charge in [0.05, 0.1) is 0 Å². The van der Waals surface area contributed by atoms with E-state index in [2.05, 4.69) is 0 Å². The lowest BCUT2D eigenvalue weighted by Gasteiger charge is -2.27. The largest absolute Gasteiger partial charge is 0.207 e. The molecule has 0 heterocycles. The Bertz CT molecular complexity index is 1100. The molecular weight excluding hydrogens is 407 g/mol. The van der Waals surface area contributed by atoms with Crippen LogP contribution in [0.5, 0.6) is 0 Å². The van der Waals surface area contributed by atoms with E-state index in [1.807, 2.05) is 6.92 Å². The summed E-state index contributed by atoms with van der Waals surface area (Å²) in [6.45, 7) is 2.02. The van der Waals surface area contributed by atoms with Gasteiger partial charge >= 0.3 is 0 Å². The molecular formula is C26H23F5. The van der Waals surface area contributed by atoms with Gasteiger partial charge in [-0.25, -0.2) is 22.0 Å². The molecule has 0 N–H and O–H groups in total. The number of halogens is 5. The average molecular weight is 430 g/mol. The quantitative estimate of drug-likeness (QED) is 0.365. The normalized spacial score (nSPS) is 15.7. The average Bonchev–Trinajstić information content (AvgIpc) is 2.73. The second-order valence-corrected chi connectivity index (χ2v) is 8.22. The fraction of sp³-hybridized carbons (Fsp3) is 0.308. The third kappa shape index (κ3) is 4.23. The van der Waals surface area contributed by atoms with E-state index in [0.29, 0.717) is 36.8 Å². The van der Waals surface area contributed by atoms with Gasteiger partial charge in [0.15, 0.2) is 11.6 Å². The molecule has 0 saturated carbocycles. The molecule has 0 radical (unpaired) electrons. The fourth-order valence-electron chi connectivity index (χ4n) is 4.50. The summed E-state index contributed by atoms with van der Waals surface area (Å²) in [5.74, 6) is -4.33. The van der Waals surface area contributed by atoms with Crippen LogP contribution in [0, 0.1) is 29.1 Å². The minimum atomic E-state index is -1.10. The maximum atomic E-state index is 14.8. The Hall–Kier alpha value is -2.69. The Balaban J connectivity index is 1.64. The van der Waals surface area contributed by atoms with Gasteiger partial charge in [-0.3, -0.25) is 0 Å². The van der Waals surface area contributed by atoms with Crippen molar-refractivity contribution in [3.05, 3.63) is 93.8 Å². The number of fused-ring (bicyclic) bond motifs is 1. The Morgan fingerprint density at radius 2 is 1.55 bits per heavy atom. The van der Waals surface area contributed by atoms with Crippen LogP contribution in [-0.4, -0.2) is 0 Å². The lowest BCUT2D eigenvalue weighted by atomic mass is 9.78. The topological polar surface area (TPSA) is 0 Å². The Morgan fingerprint density at radius 1 is 0.806 bits per heavy atom. The van der Waals surface area contributed by atoms with Gasteiger partial charge in [-0.1, -0.05) is 25.5 Å². The molecule has 4 rings (SSSR count). The van der Waals surface area contributed by atoms with Crippen molar-refractivity contribution in [2.24, 2.45) is 0 Å². The van der Waals surface area contributed by atoms with Crippen molar-refractivity contribution in [1.82, 2.24) is 0 Å². The molecule has 0 aliphatic heterocycles. The highest BCUT2D eigenvalue weighted by atomic mass is 19.2. The van der Waals surface area contributed by atoms with Gasteiger partial charge in [0.2, 0.25) is 0 Å². The minimum absolute atomic E-state index is 0.00756. The summed E-state index contributed by atoms with van der Waals surface area (Å²) < 4.78 is 72.0. The second-order valence-electron chi connectivity index (χ2n) is 8.22. The van der Waals surface area contributed by atoms with Gasteiger partial charge < -0.3 is 0 Å². The Kier molecular flexibility index (Phi) is 6.12. The van der Waals surface area contributed by atoms with Crippen molar-refractivity contribution in [3.8, 4) is 11.1 Å². The van der Waals surface area contributed by atoms with Crippen LogP contribution < -0.4 is 0 Å². The first-order chi connectivity index (χ1) is 14.9. The molecule has 31 heavy (non-hydrogen) atoms. The number of rotatable bonds is 5. The lowest BCUT2D eigenvalue weighted by molar-refractivity contribution is 0.488. The summed E-state index contributed by atoms with van der Waals surface area (Å²) in [5.41, 5.74) is 1.98. The third-order valence-corrected chi connectivity index (χ3v) is 6.13. The molecule has 162 valence electrons. The predicted octanol–water partition coefficient (Wildman–Crippen LogP) is 7.66. The summed E-state index contributed by atoms with van der Waals surface area (Å²) in [6, 6.07) is 9.26. The van der Waals surface area contributed by atoms with E-state index in [4.69, 9.17) is 0 Å². The first-order valence-corrected chi connectivity index (χ1v) is 10.6. The van der Waals surface area contributed by atoms with Crippen molar-refractivity contribution >= 4 is 0 Å². The second kappa shape index (κ2) is 8.81. The van der Waals surface area contributed by atoms with Gasteiger partial charge in [-0.15, -0.1) is 0 Å². The molecule has 3 aromatic rings. The van der Waals surface area contributed by atoms with Crippen LogP contribution in [0.2, 0.25) is 0 Å². The minimum Gasteiger partial charge on any atom is -0.207 e. The van der Waals surface area contributed by atoms with Gasteiger partial charge in [0, 0.05) is 16.7 Å². The first-order valence-electron chi connectivity index (χ1n) is 10.6. The predicted molar refractivity (Wildman–Crippen MR) is 111 cm³/mol. The zero-order valence-electron chi connectivity index (χ0n) is 17.3. The van der Waals surface area contributed by atoms with E-state index in [1.165, 1.54) is 36.4 Å². The van der Waals surface area contributed by atoms with Crippen molar-refractivity contribution in [2.75, 3.05) is 0 Å². The van der Waals surface area contributed by atoms with Crippen molar-refractivity contribution < 1.29 is 22.0 Å². The fourth-order valence-corrected chi connectivity index (χ4v) is 4.50. The summed E-state index contributed by atoms with van der Waals surface area (Å²) in [6.07, 6.45) is 3.69. The molecule has 1 atom stereocenters. The van der Waals surface area contributed by atoms with Gasteiger partial charge in [-0.05, 0) is 85.0 Å². The van der Waals surface area contributed by atoms with Crippen molar-refractivity contribution in [1.29, 1.82) is 0 Å². The molecule has 5 heteroatoms. The molecule has 1 aliphatic carbocycles. The molecule has 1 aliphatic rings. The number of hydrogen-bond acceptors (Lipinski definition) is 0.